The van der Waals surface area contributed by atoms with Crippen LogP contribution in [0.5, 0.6) is 0 Å². The second-order valence-corrected chi connectivity index (χ2v) is 8.89. The van der Waals surface area contributed by atoms with Crippen molar-refractivity contribution >= 4 is 16.0 Å². The molecule has 0 aromatic heterocycles. The van der Waals surface area contributed by atoms with Crippen LogP contribution in [0.1, 0.15) is 41.4 Å². The molecular formula is C20H23NO5S. The molecule has 0 fully saturated rings. The third-order valence-electron chi connectivity index (χ3n) is 4.70. The molecule has 27 heavy (non-hydrogen) atoms. The molecule has 0 amide bonds. The maximum Gasteiger partial charge on any atom is 0.338 e. The van der Waals surface area contributed by atoms with E-state index >= 15 is 0 Å². The maximum absolute atomic E-state index is 12.7. The molecule has 1 aliphatic heterocycles. The largest absolute Gasteiger partial charge is 0.459 e. The van der Waals surface area contributed by atoms with E-state index in [0.29, 0.717) is 17.5 Å². The predicted octanol–water partition coefficient (Wildman–Crippen LogP) is 2.53. The number of carbonyl (C=O) groups excluding carboxylic acids is 1. The molecule has 1 aliphatic rings. The Morgan fingerprint density at radius 2 is 1.78 bits per heavy atom. The van der Waals surface area contributed by atoms with E-state index in [0.717, 1.165) is 5.56 Å². The van der Waals surface area contributed by atoms with Gasteiger partial charge in [-0.1, -0.05) is 30.3 Å². The number of sulfonamides is 1. The first kappa shape index (κ1) is 19.5. The van der Waals surface area contributed by atoms with Crippen LogP contribution in [0.3, 0.4) is 0 Å². The fourth-order valence-corrected chi connectivity index (χ4v) is 4.83. The molecular weight excluding hydrogens is 366 g/mol. The molecule has 0 spiro atoms. The summed E-state index contributed by atoms with van der Waals surface area (Å²) >= 11 is 0. The summed E-state index contributed by atoms with van der Waals surface area (Å²) in [6, 6.07) is 12.7. The molecule has 1 heterocycles. The van der Waals surface area contributed by atoms with Crippen LogP contribution >= 0.6 is 0 Å². The number of nitrogens with zero attached hydrogens (tertiary/aromatic N) is 1. The number of aliphatic hydroxyl groups excluding tert-OH is 1. The minimum Gasteiger partial charge on any atom is -0.459 e. The molecule has 3 rings (SSSR count). The molecule has 7 heteroatoms. The van der Waals surface area contributed by atoms with E-state index < -0.39 is 28.1 Å². The van der Waals surface area contributed by atoms with E-state index in [9.17, 15) is 18.3 Å². The van der Waals surface area contributed by atoms with Gasteiger partial charge in [0.05, 0.1) is 28.7 Å². The normalized spacial score (nSPS) is 21.7. The van der Waals surface area contributed by atoms with Crippen molar-refractivity contribution in [1.82, 2.24) is 4.31 Å². The predicted molar refractivity (Wildman–Crippen MR) is 101 cm³/mol. The second-order valence-electron chi connectivity index (χ2n) is 6.93. The average molecular weight is 389 g/mol. The van der Waals surface area contributed by atoms with Crippen LogP contribution < -0.4 is 0 Å². The lowest BCUT2D eigenvalue weighted by Crippen LogP contribution is -2.46. The van der Waals surface area contributed by atoms with Crippen molar-refractivity contribution in [3.8, 4) is 0 Å². The number of rotatable bonds is 4. The number of esters is 1. The smallest absolute Gasteiger partial charge is 0.338 e. The van der Waals surface area contributed by atoms with Gasteiger partial charge in [0.2, 0.25) is 10.0 Å². The number of ether oxygens (including phenoxy) is 1. The molecule has 2 aromatic rings. The Morgan fingerprint density at radius 1 is 1.15 bits per heavy atom. The summed E-state index contributed by atoms with van der Waals surface area (Å²) in [4.78, 5) is 12.1. The first-order chi connectivity index (χ1) is 12.7. The lowest BCUT2D eigenvalue weighted by atomic mass is 9.95. The van der Waals surface area contributed by atoms with Gasteiger partial charge >= 0.3 is 5.97 Å². The van der Waals surface area contributed by atoms with Crippen LogP contribution in [0.4, 0.5) is 0 Å². The number of likely N-dealkylation sites (N-methyl/N-ethyl adjacent to an activating group) is 1. The van der Waals surface area contributed by atoms with Crippen LogP contribution in [0.2, 0.25) is 0 Å². The fraction of sp³-hybridized carbons (Fsp3) is 0.350. The second kappa shape index (κ2) is 7.42. The summed E-state index contributed by atoms with van der Waals surface area (Å²) in [6.07, 6.45) is -0.807. The zero-order chi connectivity index (χ0) is 19.8. The van der Waals surface area contributed by atoms with Crippen LogP contribution in [0.15, 0.2) is 53.4 Å². The van der Waals surface area contributed by atoms with Crippen LogP contribution in [0, 0.1) is 0 Å². The Hall–Kier alpha value is -2.22. The van der Waals surface area contributed by atoms with Crippen molar-refractivity contribution in [3.05, 3.63) is 65.2 Å². The Balaban J connectivity index is 1.84. The molecule has 0 bridgehead atoms. The quantitative estimate of drug-likeness (QED) is 0.813. The molecule has 0 saturated carbocycles. The van der Waals surface area contributed by atoms with E-state index in [-0.39, 0.29) is 11.0 Å². The summed E-state index contributed by atoms with van der Waals surface area (Å²) in [7, 11) is -2.18. The molecule has 0 unspecified atom stereocenters. The fourth-order valence-electron chi connectivity index (χ4n) is 3.24. The minimum absolute atomic E-state index is 0.142. The SMILES string of the molecule is CC(C)OC(=O)c1ccc(C[C@H]2[C@@H](O)c3ccccc3S(=O)(=O)N2C)cc1. The zero-order valence-corrected chi connectivity index (χ0v) is 16.3. The Labute approximate surface area is 159 Å². The van der Waals surface area contributed by atoms with Gasteiger partial charge in [0, 0.05) is 12.6 Å². The van der Waals surface area contributed by atoms with Gasteiger partial charge in [-0.3, -0.25) is 0 Å². The van der Waals surface area contributed by atoms with Gasteiger partial charge in [0.25, 0.3) is 0 Å². The molecule has 2 aromatic carbocycles. The van der Waals surface area contributed by atoms with Crippen molar-refractivity contribution in [1.29, 1.82) is 0 Å². The lowest BCUT2D eigenvalue weighted by Gasteiger charge is -2.37. The highest BCUT2D eigenvalue weighted by molar-refractivity contribution is 7.89. The van der Waals surface area contributed by atoms with Gasteiger partial charge in [0.15, 0.2) is 0 Å². The van der Waals surface area contributed by atoms with Gasteiger partial charge in [-0.2, -0.15) is 4.31 Å². The summed E-state index contributed by atoms with van der Waals surface area (Å²) in [6.45, 7) is 3.57. The number of hydrogen-bond acceptors (Lipinski definition) is 5. The monoisotopic (exact) mass is 389 g/mol. The molecule has 0 aliphatic carbocycles. The van der Waals surface area contributed by atoms with Crippen molar-refractivity contribution in [2.24, 2.45) is 0 Å². The standard InChI is InChI=1S/C20H23NO5S/c1-13(2)26-20(23)15-10-8-14(9-11-15)12-17-19(22)16-6-4-5-7-18(16)27(24,25)21(17)3/h4-11,13,17,19,22H,12H2,1-3H3/t17-,19-/m0/s1. The van der Waals surface area contributed by atoms with E-state index in [4.69, 9.17) is 4.74 Å². The molecule has 0 saturated heterocycles. The third-order valence-corrected chi connectivity index (χ3v) is 6.66. The van der Waals surface area contributed by atoms with E-state index in [1.54, 1.807) is 56.3 Å². The maximum atomic E-state index is 12.7. The summed E-state index contributed by atoms with van der Waals surface area (Å²) < 4.78 is 31.9. The van der Waals surface area contributed by atoms with E-state index in [1.807, 2.05) is 0 Å². The summed E-state index contributed by atoms with van der Waals surface area (Å²) in [5, 5.41) is 10.7. The van der Waals surface area contributed by atoms with Crippen LogP contribution in [-0.2, 0) is 21.2 Å². The van der Waals surface area contributed by atoms with Crippen molar-refractivity contribution in [2.45, 2.75) is 43.4 Å². The van der Waals surface area contributed by atoms with Gasteiger partial charge < -0.3 is 9.84 Å². The minimum atomic E-state index is -3.66. The van der Waals surface area contributed by atoms with Gasteiger partial charge in [-0.25, -0.2) is 13.2 Å². The first-order valence-electron chi connectivity index (χ1n) is 8.76. The van der Waals surface area contributed by atoms with E-state index in [1.165, 1.54) is 17.4 Å². The third kappa shape index (κ3) is 3.76. The molecule has 0 radical (unpaired) electrons. The number of benzene rings is 2. The van der Waals surface area contributed by atoms with E-state index in [2.05, 4.69) is 0 Å². The van der Waals surface area contributed by atoms with Gasteiger partial charge in [0.1, 0.15) is 0 Å². The zero-order valence-electron chi connectivity index (χ0n) is 15.5. The molecule has 6 nitrogen and oxygen atoms in total. The highest BCUT2D eigenvalue weighted by Gasteiger charge is 2.41. The van der Waals surface area contributed by atoms with Crippen LogP contribution in [0.25, 0.3) is 0 Å². The first-order valence-corrected chi connectivity index (χ1v) is 10.2. The number of carbonyl (C=O) groups is 1. The summed E-state index contributed by atoms with van der Waals surface area (Å²) in [5.74, 6) is -0.400. The summed E-state index contributed by atoms with van der Waals surface area (Å²) in [5.41, 5.74) is 1.67. The molecule has 144 valence electrons. The topological polar surface area (TPSA) is 83.9 Å². The average Bonchev–Trinajstić information content (AvgIpc) is 2.64. The van der Waals surface area contributed by atoms with Crippen molar-refractivity contribution < 1.29 is 23.1 Å². The Morgan fingerprint density at radius 3 is 2.41 bits per heavy atom. The Kier molecular flexibility index (Phi) is 5.37. The van der Waals surface area contributed by atoms with Crippen molar-refractivity contribution in [2.75, 3.05) is 7.05 Å². The number of hydrogen-bond donors (Lipinski definition) is 1. The number of fused-ring (bicyclic) bond motifs is 1. The Bertz CT molecular complexity index is 937. The lowest BCUT2D eigenvalue weighted by molar-refractivity contribution is 0.0378. The molecule has 2 atom stereocenters. The van der Waals surface area contributed by atoms with Gasteiger partial charge in [-0.15, -0.1) is 0 Å². The van der Waals surface area contributed by atoms with Crippen LogP contribution in [-0.4, -0.2) is 43.0 Å². The highest BCUT2D eigenvalue weighted by atomic mass is 32.2. The van der Waals surface area contributed by atoms with Gasteiger partial charge in [-0.05, 0) is 44.0 Å². The highest BCUT2D eigenvalue weighted by Crippen LogP contribution is 2.36. The number of aliphatic hydroxyl groups is 1. The van der Waals surface area contributed by atoms with Crippen molar-refractivity contribution in [3.63, 3.8) is 0 Å². The molecule has 1 N–H and O–H groups in total.